The van der Waals surface area contributed by atoms with Crippen LogP contribution in [-0.4, -0.2) is 17.4 Å². The first-order chi connectivity index (χ1) is 7.44. The lowest BCUT2D eigenvalue weighted by Gasteiger charge is -2.22. The summed E-state index contributed by atoms with van der Waals surface area (Å²) in [5.41, 5.74) is 0.370. The minimum atomic E-state index is -0.203. The Hall–Kier alpha value is -1.58. The highest BCUT2D eigenvalue weighted by Crippen LogP contribution is 2.17. The highest BCUT2D eigenvalue weighted by atomic mass is 16.1. The van der Waals surface area contributed by atoms with Crippen LogP contribution in [0.15, 0.2) is 23.1 Å². The first-order valence-corrected chi connectivity index (χ1v) is 5.41. The maximum atomic E-state index is 11.7. The highest BCUT2D eigenvalue weighted by molar-refractivity contribution is 5.93. The molecule has 0 aliphatic rings. The first-order valence-electron chi connectivity index (χ1n) is 5.41. The third kappa shape index (κ3) is 3.53. The Morgan fingerprint density at radius 2 is 2.12 bits per heavy atom. The Balaban J connectivity index is 2.60. The molecule has 4 nitrogen and oxygen atoms in total. The van der Waals surface area contributed by atoms with Crippen LogP contribution in [-0.2, 0) is 0 Å². The Bertz CT molecular complexity index is 401. The van der Waals surface area contributed by atoms with Gasteiger partial charge in [0, 0.05) is 18.8 Å². The maximum absolute atomic E-state index is 11.7. The van der Waals surface area contributed by atoms with Gasteiger partial charge in [0.1, 0.15) is 0 Å². The number of H-pyrrole nitrogens is 1. The molecule has 2 N–H and O–H groups in total. The van der Waals surface area contributed by atoms with E-state index in [1.54, 1.807) is 0 Å². The van der Waals surface area contributed by atoms with Crippen LogP contribution in [0.25, 0.3) is 0 Å². The van der Waals surface area contributed by atoms with Gasteiger partial charge >= 0.3 is 0 Å². The number of carbonyl (C=O) groups excluding carboxylic acids is 1. The predicted octanol–water partition coefficient (Wildman–Crippen LogP) is 1.54. The smallest absolute Gasteiger partial charge is 0.252 e. The summed E-state index contributed by atoms with van der Waals surface area (Å²) in [6.07, 6.45) is 2.43. The fraction of sp³-hybridized carbons (Fsp3) is 0.500. The van der Waals surface area contributed by atoms with E-state index in [-0.39, 0.29) is 16.9 Å². The Morgan fingerprint density at radius 3 is 2.62 bits per heavy atom. The van der Waals surface area contributed by atoms with Crippen molar-refractivity contribution < 1.29 is 4.79 Å². The lowest BCUT2D eigenvalue weighted by atomic mass is 9.90. The number of carbonyl (C=O) groups is 1. The third-order valence-electron chi connectivity index (χ3n) is 2.73. The van der Waals surface area contributed by atoms with Gasteiger partial charge in [0.15, 0.2) is 0 Å². The van der Waals surface area contributed by atoms with Crippen LogP contribution in [0.4, 0.5) is 0 Å². The average Bonchev–Trinajstić information content (AvgIpc) is 2.27. The maximum Gasteiger partial charge on any atom is 0.252 e. The van der Waals surface area contributed by atoms with E-state index in [9.17, 15) is 9.59 Å². The van der Waals surface area contributed by atoms with E-state index in [1.165, 1.54) is 18.3 Å². The molecule has 0 unspecified atom stereocenters. The molecule has 16 heavy (non-hydrogen) atoms. The summed E-state index contributed by atoms with van der Waals surface area (Å²) < 4.78 is 0. The highest BCUT2D eigenvalue weighted by Gasteiger charge is 2.16. The van der Waals surface area contributed by atoms with E-state index in [4.69, 9.17) is 0 Å². The van der Waals surface area contributed by atoms with Crippen LogP contribution in [0.2, 0.25) is 0 Å². The molecule has 4 heteroatoms. The molecule has 0 radical (unpaired) electrons. The molecule has 0 saturated carbocycles. The first kappa shape index (κ1) is 12.5. The molecule has 0 aromatic carbocycles. The quantitative estimate of drug-likeness (QED) is 0.811. The zero-order chi connectivity index (χ0) is 12.2. The van der Waals surface area contributed by atoms with Crippen molar-refractivity contribution in [1.29, 1.82) is 0 Å². The number of aromatic amines is 1. The Kier molecular flexibility index (Phi) is 3.88. The standard InChI is InChI=1S/C12H18N2O2/c1-4-12(2,3)8-14-11(16)9-5-6-10(15)13-7-9/h5-7H,4,8H2,1-3H3,(H,13,15)(H,14,16). The second-order valence-corrected chi connectivity index (χ2v) is 4.64. The number of hydrogen-bond acceptors (Lipinski definition) is 2. The second kappa shape index (κ2) is 4.96. The van der Waals surface area contributed by atoms with Gasteiger partial charge in [-0.15, -0.1) is 0 Å². The number of pyridine rings is 1. The average molecular weight is 222 g/mol. The Morgan fingerprint density at radius 1 is 1.44 bits per heavy atom. The van der Waals surface area contributed by atoms with E-state index in [0.717, 1.165) is 6.42 Å². The predicted molar refractivity (Wildman–Crippen MR) is 63.5 cm³/mol. The molecule has 0 aliphatic heterocycles. The molecule has 0 aliphatic carbocycles. The molecule has 1 aromatic rings. The van der Waals surface area contributed by atoms with Crippen LogP contribution in [0.1, 0.15) is 37.6 Å². The van der Waals surface area contributed by atoms with Gasteiger partial charge in [0.25, 0.3) is 5.91 Å². The second-order valence-electron chi connectivity index (χ2n) is 4.64. The van der Waals surface area contributed by atoms with Gasteiger partial charge in [-0.3, -0.25) is 9.59 Å². The van der Waals surface area contributed by atoms with Gasteiger partial charge in [-0.2, -0.15) is 0 Å². The number of amides is 1. The summed E-state index contributed by atoms with van der Waals surface area (Å²) in [4.78, 5) is 25.0. The third-order valence-corrected chi connectivity index (χ3v) is 2.73. The molecule has 1 heterocycles. The molecule has 0 spiro atoms. The summed E-state index contributed by atoms with van der Waals surface area (Å²) in [5.74, 6) is -0.155. The van der Waals surface area contributed by atoms with Crippen molar-refractivity contribution in [3.05, 3.63) is 34.2 Å². The molecule has 0 fully saturated rings. The van der Waals surface area contributed by atoms with Gasteiger partial charge < -0.3 is 10.3 Å². The van der Waals surface area contributed by atoms with Crippen LogP contribution < -0.4 is 10.9 Å². The van der Waals surface area contributed by atoms with Crippen molar-refractivity contribution in [3.8, 4) is 0 Å². The number of rotatable bonds is 4. The van der Waals surface area contributed by atoms with E-state index in [0.29, 0.717) is 12.1 Å². The van der Waals surface area contributed by atoms with Crippen molar-refractivity contribution in [1.82, 2.24) is 10.3 Å². The van der Waals surface area contributed by atoms with Crippen molar-refractivity contribution in [2.75, 3.05) is 6.54 Å². The molecular formula is C12H18N2O2. The molecule has 1 aromatic heterocycles. The molecule has 1 amide bonds. The molecule has 0 atom stereocenters. The van der Waals surface area contributed by atoms with Gasteiger partial charge in [0.05, 0.1) is 5.56 Å². The van der Waals surface area contributed by atoms with Gasteiger partial charge in [0.2, 0.25) is 5.56 Å². The molecule has 0 saturated heterocycles. The van der Waals surface area contributed by atoms with Gasteiger partial charge in [-0.25, -0.2) is 0 Å². The minimum Gasteiger partial charge on any atom is -0.351 e. The summed E-state index contributed by atoms with van der Waals surface area (Å²) in [6, 6.07) is 2.87. The van der Waals surface area contributed by atoms with E-state index >= 15 is 0 Å². The topological polar surface area (TPSA) is 62.0 Å². The molecule has 88 valence electrons. The number of hydrogen-bond donors (Lipinski definition) is 2. The fourth-order valence-electron chi connectivity index (χ4n) is 1.10. The van der Waals surface area contributed by atoms with Crippen LogP contribution in [0, 0.1) is 5.41 Å². The lowest BCUT2D eigenvalue weighted by Crippen LogP contribution is -2.33. The SMILES string of the molecule is CCC(C)(C)CNC(=O)c1ccc(=O)[nH]c1. The zero-order valence-electron chi connectivity index (χ0n) is 9.96. The zero-order valence-corrected chi connectivity index (χ0v) is 9.96. The summed E-state index contributed by atoms with van der Waals surface area (Å²) in [7, 11) is 0. The lowest BCUT2D eigenvalue weighted by molar-refractivity contribution is 0.0935. The summed E-state index contributed by atoms with van der Waals surface area (Å²) >= 11 is 0. The van der Waals surface area contributed by atoms with Crippen molar-refractivity contribution >= 4 is 5.91 Å². The van der Waals surface area contributed by atoms with Crippen molar-refractivity contribution in [2.45, 2.75) is 27.2 Å². The minimum absolute atomic E-state index is 0.0951. The number of aromatic nitrogens is 1. The van der Waals surface area contributed by atoms with Crippen LogP contribution in [0.5, 0.6) is 0 Å². The normalized spacial score (nSPS) is 11.2. The Labute approximate surface area is 95.1 Å². The monoisotopic (exact) mass is 222 g/mol. The summed E-state index contributed by atoms with van der Waals surface area (Å²) in [5, 5.41) is 2.85. The van der Waals surface area contributed by atoms with Gasteiger partial charge in [-0.05, 0) is 17.9 Å². The van der Waals surface area contributed by atoms with E-state index < -0.39 is 0 Å². The molecule has 1 rings (SSSR count). The van der Waals surface area contributed by atoms with Gasteiger partial charge in [-0.1, -0.05) is 20.8 Å². The van der Waals surface area contributed by atoms with Crippen LogP contribution in [0.3, 0.4) is 0 Å². The summed E-state index contributed by atoms with van der Waals surface area (Å²) in [6.45, 7) is 6.91. The van der Waals surface area contributed by atoms with E-state index in [1.807, 2.05) is 0 Å². The number of nitrogens with one attached hydrogen (secondary N) is 2. The fourth-order valence-corrected chi connectivity index (χ4v) is 1.10. The van der Waals surface area contributed by atoms with E-state index in [2.05, 4.69) is 31.1 Å². The molecule has 0 bridgehead atoms. The van der Waals surface area contributed by atoms with Crippen molar-refractivity contribution in [3.63, 3.8) is 0 Å². The van der Waals surface area contributed by atoms with Crippen molar-refractivity contribution in [2.24, 2.45) is 5.41 Å². The molecular weight excluding hydrogens is 204 g/mol. The largest absolute Gasteiger partial charge is 0.351 e. The van der Waals surface area contributed by atoms with Crippen LogP contribution >= 0.6 is 0 Å².